The van der Waals surface area contributed by atoms with Crippen molar-refractivity contribution in [3.8, 4) is 0 Å². The summed E-state index contributed by atoms with van der Waals surface area (Å²) in [5, 5.41) is 2.38. The Labute approximate surface area is 145 Å². The second-order valence-corrected chi connectivity index (χ2v) is 8.65. The van der Waals surface area contributed by atoms with E-state index in [4.69, 9.17) is 16.3 Å². The van der Waals surface area contributed by atoms with Crippen molar-refractivity contribution in [1.29, 1.82) is 0 Å². The lowest BCUT2D eigenvalue weighted by Crippen LogP contribution is -2.35. The second kappa shape index (κ2) is 7.32. The smallest absolute Gasteiger partial charge is 0.241 e. The third-order valence-electron chi connectivity index (χ3n) is 3.98. The maximum Gasteiger partial charge on any atom is 0.241 e. The average Bonchev–Trinajstić information content (AvgIpc) is 3.08. The minimum absolute atomic E-state index is 0.193. The van der Waals surface area contributed by atoms with E-state index < -0.39 is 10.0 Å². The van der Waals surface area contributed by atoms with Gasteiger partial charge in [-0.1, -0.05) is 23.7 Å². The van der Waals surface area contributed by atoms with Crippen LogP contribution in [0.4, 0.5) is 0 Å². The summed E-state index contributed by atoms with van der Waals surface area (Å²) in [6.07, 6.45) is 1.70. The monoisotopic (exact) mass is 371 g/mol. The molecule has 2 aromatic rings. The van der Waals surface area contributed by atoms with Crippen molar-refractivity contribution >= 4 is 33.0 Å². The summed E-state index contributed by atoms with van der Waals surface area (Å²) in [5.41, 5.74) is 0. The van der Waals surface area contributed by atoms with Crippen LogP contribution < -0.4 is 4.72 Å². The van der Waals surface area contributed by atoms with Gasteiger partial charge in [0.25, 0.3) is 0 Å². The van der Waals surface area contributed by atoms with Crippen molar-refractivity contribution in [1.82, 2.24) is 4.72 Å². The number of benzene rings is 1. The molecule has 1 aromatic heterocycles. The maximum absolute atomic E-state index is 12.7. The number of rotatable bonds is 5. The van der Waals surface area contributed by atoms with E-state index in [1.165, 1.54) is 6.07 Å². The van der Waals surface area contributed by atoms with Crippen molar-refractivity contribution in [2.75, 3.05) is 13.2 Å². The van der Waals surface area contributed by atoms with Crippen LogP contribution in [0.1, 0.15) is 23.8 Å². The minimum Gasteiger partial charge on any atom is -0.381 e. The zero-order chi connectivity index (χ0) is 16.3. The van der Waals surface area contributed by atoms with Gasteiger partial charge in [0.2, 0.25) is 10.0 Å². The fourth-order valence-electron chi connectivity index (χ4n) is 2.77. The molecule has 1 aliphatic heterocycles. The molecular weight excluding hydrogens is 354 g/mol. The molecule has 0 amide bonds. The molecule has 1 N–H and O–H groups in total. The summed E-state index contributed by atoms with van der Waals surface area (Å²) in [6.45, 7) is 1.34. The van der Waals surface area contributed by atoms with E-state index in [1.807, 2.05) is 17.5 Å². The van der Waals surface area contributed by atoms with E-state index in [0.717, 1.165) is 17.7 Å². The Hall–Kier alpha value is -0.920. The van der Waals surface area contributed by atoms with E-state index in [0.29, 0.717) is 18.2 Å². The lowest BCUT2D eigenvalue weighted by atomic mass is 9.91. The topological polar surface area (TPSA) is 55.4 Å². The van der Waals surface area contributed by atoms with Gasteiger partial charge >= 0.3 is 0 Å². The Bertz CT molecular complexity index is 740. The molecule has 0 saturated carbocycles. The van der Waals surface area contributed by atoms with Gasteiger partial charge in [-0.15, -0.1) is 11.3 Å². The van der Waals surface area contributed by atoms with Crippen LogP contribution in [0.3, 0.4) is 0 Å². The van der Waals surface area contributed by atoms with E-state index in [9.17, 15) is 8.42 Å². The molecule has 23 heavy (non-hydrogen) atoms. The van der Waals surface area contributed by atoms with Crippen LogP contribution >= 0.6 is 22.9 Å². The number of thiophene rings is 1. The summed E-state index contributed by atoms with van der Waals surface area (Å²) in [6, 6.07) is 10.0. The molecule has 1 unspecified atom stereocenters. The van der Waals surface area contributed by atoms with Gasteiger partial charge in [0, 0.05) is 23.1 Å². The van der Waals surface area contributed by atoms with Gasteiger partial charge in [-0.25, -0.2) is 13.1 Å². The number of hydrogen-bond donors (Lipinski definition) is 1. The molecule has 1 saturated heterocycles. The third-order valence-corrected chi connectivity index (χ3v) is 6.60. The molecule has 1 aromatic carbocycles. The number of halogens is 1. The van der Waals surface area contributed by atoms with Gasteiger partial charge in [0.1, 0.15) is 0 Å². The van der Waals surface area contributed by atoms with E-state index >= 15 is 0 Å². The van der Waals surface area contributed by atoms with Crippen molar-refractivity contribution in [3.63, 3.8) is 0 Å². The Morgan fingerprint density at radius 1 is 1.22 bits per heavy atom. The first kappa shape index (κ1) is 16.9. The first-order valence-corrected chi connectivity index (χ1v) is 10.2. The normalized spacial score (nSPS) is 18.0. The quantitative estimate of drug-likeness (QED) is 0.868. The predicted molar refractivity (Wildman–Crippen MR) is 92.4 cm³/mol. The van der Waals surface area contributed by atoms with Crippen LogP contribution in [0.15, 0.2) is 46.7 Å². The number of hydrogen-bond acceptors (Lipinski definition) is 4. The lowest BCUT2D eigenvalue weighted by Gasteiger charge is -2.30. The first-order chi connectivity index (χ1) is 11.1. The van der Waals surface area contributed by atoms with Crippen molar-refractivity contribution in [2.24, 2.45) is 5.92 Å². The van der Waals surface area contributed by atoms with Crippen LogP contribution in [-0.4, -0.2) is 21.6 Å². The molecular formula is C16H18ClNO3S2. The first-order valence-electron chi connectivity index (χ1n) is 7.45. The fourth-order valence-corrected chi connectivity index (χ4v) is 5.30. The molecule has 4 nitrogen and oxygen atoms in total. The zero-order valence-electron chi connectivity index (χ0n) is 12.4. The summed E-state index contributed by atoms with van der Waals surface area (Å²) in [5.74, 6) is 0.233. The highest BCUT2D eigenvalue weighted by molar-refractivity contribution is 7.89. The highest BCUT2D eigenvalue weighted by atomic mass is 35.5. The Balaban J connectivity index is 1.88. The molecule has 3 rings (SSSR count). The zero-order valence-corrected chi connectivity index (χ0v) is 14.8. The summed E-state index contributed by atoms with van der Waals surface area (Å²) in [4.78, 5) is 1.22. The predicted octanol–water partition coefficient (Wildman–Crippen LogP) is 3.85. The van der Waals surface area contributed by atoms with Gasteiger partial charge < -0.3 is 4.74 Å². The maximum atomic E-state index is 12.7. The molecule has 2 heterocycles. The SMILES string of the molecule is O=S(=O)(NC(c1cccs1)C1CCOCC1)c1cccc(Cl)c1. The van der Waals surface area contributed by atoms with Gasteiger partial charge in [-0.05, 0) is 48.4 Å². The molecule has 0 bridgehead atoms. The molecule has 1 aliphatic rings. The van der Waals surface area contributed by atoms with Crippen LogP contribution in [0.25, 0.3) is 0 Å². The fraction of sp³-hybridized carbons (Fsp3) is 0.375. The molecule has 1 fully saturated rings. The summed E-state index contributed by atoms with van der Waals surface area (Å²) >= 11 is 7.50. The van der Waals surface area contributed by atoms with Crippen LogP contribution in [0.2, 0.25) is 5.02 Å². The highest BCUT2D eigenvalue weighted by Crippen LogP contribution is 2.34. The molecule has 0 radical (unpaired) electrons. The standard InChI is InChI=1S/C16H18ClNO3S2/c17-13-3-1-4-14(11-13)23(19,20)18-16(15-5-2-10-22-15)12-6-8-21-9-7-12/h1-5,10-12,16,18H,6-9H2. The Kier molecular flexibility index (Phi) is 5.38. The molecule has 124 valence electrons. The molecule has 0 spiro atoms. The summed E-state index contributed by atoms with van der Waals surface area (Å²) in [7, 11) is -3.63. The van der Waals surface area contributed by atoms with Crippen molar-refractivity contribution in [3.05, 3.63) is 51.7 Å². The van der Waals surface area contributed by atoms with Crippen molar-refractivity contribution in [2.45, 2.75) is 23.8 Å². The molecule has 0 aliphatic carbocycles. The third kappa shape index (κ3) is 4.14. The molecule has 1 atom stereocenters. The number of ether oxygens (including phenoxy) is 1. The summed E-state index contributed by atoms with van der Waals surface area (Å²) < 4.78 is 33.8. The van der Waals surface area contributed by atoms with E-state index in [2.05, 4.69) is 4.72 Å². The van der Waals surface area contributed by atoms with Gasteiger partial charge in [0.05, 0.1) is 10.9 Å². The lowest BCUT2D eigenvalue weighted by molar-refractivity contribution is 0.0568. The van der Waals surface area contributed by atoms with Gasteiger partial charge in [0.15, 0.2) is 0 Å². The highest BCUT2D eigenvalue weighted by Gasteiger charge is 2.30. The van der Waals surface area contributed by atoms with Crippen molar-refractivity contribution < 1.29 is 13.2 Å². The number of nitrogens with one attached hydrogen (secondary N) is 1. The van der Waals surface area contributed by atoms with Gasteiger partial charge in [-0.2, -0.15) is 0 Å². The average molecular weight is 372 g/mol. The van der Waals surface area contributed by atoms with Crippen LogP contribution in [0.5, 0.6) is 0 Å². The minimum atomic E-state index is -3.63. The second-order valence-electron chi connectivity index (χ2n) is 5.52. The van der Waals surface area contributed by atoms with Crippen LogP contribution in [0, 0.1) is 5.92 Å². The number of sulfonamides is 1. The van der Waals surface area contributed by atoms with Gasteiger partial charge in [-0.3, -0.25) is 0 Å². The van der Waals surface area contributed by atoms with E-state index in [1.54, 1.807) is 29.5 Å². The van der Waals surface area contributed by atoms with E-state index in [-0.39, 0.29) is 16.9 Å². The largest absolute Gasteiger partial charge is 0.381 e. The molecule has 7 heteroatoms. The Morgan fingerprint density at radius 3 is 2.65 bits per heavy atom. The van der Waals surface area contributed by atoms with Crippen LogP contribution in [-0.2, 0) is 14.8 Å². The Morgan fingerprint density at radius 2 is 2.00 bits per heavy atom.